The summed E-state index contributed by atoms with van der Waals surface area (Å²) in [6, 6.07) is 3.63. The van der Waals surface area contributed by atoms with Crippen LogP contribution in [0.2, 0.25) is 0 Å². The number of hydrogen-bond acceptors (Lipinski definition) is 3. The van der Waals surface area contributed by atoms with Crippen molar-refractivity contribution in [1.29, 1.82) is 0 Å². The van der Waals surface area contributed by atoms with Gasteiger partial charge in [0.15, 0.2) is 0 Å². The quantitative estimate of drug-likeness (QED) is 0.695. The molecule has 0 saturated heterocycles. The zero-order chi connectivity index (χ0) is 15.1. The van der Waals surface area contributed by atoms with Crippen LogP contribution in [0.25, 0.3) is 0 Å². The first kappa shape index (κ1) is 16.1. The monoisotopic (exact) mass is 281 g/mol. The van der Waals surface area contributed by atoms with Gasteiger partial charge in [0, 0.05) is 24.2 Å². The van der Waals surface area contributed by atoms with Gasteiger partial charge in [0.25, 0.3) is 0 Å². The zero-order valence-corrected chi connectivity index (χ0v) is 11.7. The van der Waals surface area contributed by atoms with Crippen LogP contribution < -0.4 is 16.4 Å². The van der Waals surface area contributed by atoms with E-state index < -0.39 is 17.8 Å². The van der Waals surface area contributed by atoms with Crippen molar-refractivity contribution in [3.8, 4) is 0 Å². The van der Waals surface area contributed by atoms with Crippen molar-refractivity contribution in [2.24, 2.45) is 5.73 Å². The molecular weight excluding hydrogens is 261 g/mol. The third-order valence-corrected chi connectivity index (χ3v) is 2.88. The van der Waals surface area contributed by atoms with E-state index in [1.165, 1.54) is 12.1 Å². The van der Waals surface area contributed by atoms with Gasteiger partial charge < -0.3 is 16.4 Å². The minimum atomic E-state index is -0.671. The standard InChI is InChI=1S/C14H20FN3O2/c1-3-6-17-14(20)9(2)18-8-11-5-4-10(13(16)19)7-12(11)15/h4-5,7,9,18H,3,6,8H2,1-2H3,(H2,16,19)(H,17,20). The molecule has 4 N–H and O–H groups in total. The van der Waals surface area contributed by atoms with Crippen LogP contribution in [0.5, 0.6) is 0 Å². The minimum absolute atomic E-state index is 0.124. The lowest BCUT2D eigenvalue weighted by Gasteiger charge is -2.14. The van der Waals surface area contributed by atoms with Gasteiger partial charge in [-0.2, -0.15) is 0 Å². The largest absolute Gasteiger partial charge is 0.366 e. The van der Waals surface area contributed by atoms with Crippen molar-refractivity contribution >= 4 is 11.8 Å². The van der Waals surface area contributed by atoms with Gasteiger partial charge in [0.1, 0.15) is 5.82 Å². The highest BCUT2D eigenvalue weighted by Gasteiger charge is 2.13. The molecule has 0 aliphatic heterocycles. The molecule has 0 fully saturated rings. The Bertz CT molecular complexity index is 491. The number of primary amides is 1. The van der Waals surface area contributed by atoms with Gasteiger partial charge in [-0.1, -0.05) is 13.0 Å². The smallest absolute Gasteiger partial charge is 0.248 e. The molecule has 5 nitrogen and oxygen atoms in total. The second kappa shape index (κ2) is 7.59. The molecule has 2 amide bonds. The van der Waals surface area contributed by atoms with E-state index >= 15 is 0 Å². The topological polar surface area (TPSA) is 84.2 Å². The third-order valence-electron chi connectivity index (χ3n) is 2.88. The highest BCUT2D eigenvalue weighted by molar-refractivity contribution is 5.92. The van der Waals surface area contributed by atoms with Gasteiger partial charge in [0.05, 0.1) is 6.04 Å². The number of hydrogen-bond donors (Lipinski definition) is 3. The molecule has 110 valence electrons. The Morgan fingerprint density at radius 3 is 2.65 bits per heavy atom. The number of rotatable bonds is 7. The van der Waals surface area contributed by atoms with Gasteiger partial charge in [-0.05, 0) is 25.5 Å². The van der Waals surface area contributed by atoms with Crippen LogP contribution >= 0.6 is 0 Å². The molecule has 0 heterocycles. The first-order valence-electron chi connectivity index (χ1n) is 6.55. The van der Waals surface area contributed by atoms with E-state index in [1.54, 1.807) is 6.92 Å². The normalized spacial score (nSPS) is 11.9. The first-order chi connectivity index (χ1) is 9.45. The van der Waals surface area contributed by atoms with Gasteiger partial charge in [-0.15, -0.1) is 0 Å². The molecule has 0 aromatic heterocycles. The predicted molar refractivity (Wildman–Crippen MR) is 74.5 cm³/mol. The van der Waals surface area contributed by atoms with E-state index in [9.17, 15) is 14.0 Å². The number of halogens is 1. The summed E-state index contributed by atoms with van der Waals surface area (Å²) in [4.78, 5) is 22.5. The van der Waals surface area contributed by atoms with Crippen LogP contribution in [0.3, 0.4) is 0 Å². The number of amides is 2. The van der Waals surface area contributed by atoms with Crippen LogP contribution in [0.1, 0.15) is 36.2 Å². The molecule has 0 radical (unpaired) electrons. The van der Waals surface area contributed by atoms with E-state index in [4.69, 9.17) is 5.73 Å². The van der Waals surface area contributed by atoms with Crippen LogP contribution in [0, 0.1) is 5.82 Å². The molecule has 20 heavy (non-hydrogen) atoms. The molecule has 6 heteroatoms. The van der Waals surface area contributed by atoms with Crippen molar-refractivity contribution < 1.29 is 14.0 Å². The Balaban J connectivity index is 2.57. The number of nitrogens with one attached hydrogen (secondary N) is 2. The summed E-state index contributed by atoms with van der Waals surface area (Å²) < 4.78 is 13.7. The van der Waals surface area contributed by atoms with E-state index in [0.29, 0.717) is 12.1 Å². The number of carbonyl (C=O) groups excluding carboxylic acids is 2. The average Bonchev–Trinajstić information content (AvgIpc) is 2.42. The first-order valence-corrected chi connectivity index (χ1v) is 6.55. The molecule has 1 unspecified atom stereocenters. The lowest BCUT2D eigenvalue weighted by Crippen LogP contribution is -2.42. The molecular formula is C14H20FN3O2. The van der Waals surface area contributed by atoms with Crippen LogP contribution in [0.15, 0.2) is 18.2 Å². The molecule has 1 aromatic rings. The Labute approximate surface area is 117 Å². The molecule has 1 rings (SSSR count). The second-order valence-corrected chi connectivity index (χ2v) is 4.56. The zero-order valence-electron chi connectivity index (χ0n) is 11.7. The number of benzene rings is 1. The minimum Gasteiger partial charge on any atom is -0.366 e. The molecule has 0 bridgehead atoms. The molecule has 0 aliphatic carbocycles. The van der Waals surface area contributed by atoms with E-state index in [1.807, 2.05) is 6.92 Å². The van der Waals surface area contributed by atoms with Gasteiger partial charge in [-0.25, -0.2) is 4.39 Å². The summed E-state index contributed by atoms with van der Waals surface area (Å²) in [5.41, 5.74) is 5.57. The average molecular weight is 281 g/mol. The summed E-state index contributed by atoms with van der Waals surface area (Å²) in [5.74, 6) is -1.31. The predicted octanol–water partition coefficient (Wildman–Crippen LogP) is 0.929. The van der Waals surface area contributed by atoms with E-state index in [-0.39, 0.29) is 18.0 Å². The molecule has 0 spiro atoms. The van der Waals surface area contributed by atoms with Gasteiger partial charge >= 0.3 is 0 Å². The molecule has 1 atom stereocenters. The molecule has 1 aromatic carbocycles. The van der Waals surface area contributed by atoms with Crippen molar-refractivity contribution in [3.05, 3.63) is 35.1 Å². The number of nitrogens with two attached hydrogens (primary N) is 1. The van der Waals surface area contributed by atoms with Gasteiger partial charge in [0.2, 0.25) is 11.8 Å². The maximum atomic E-state index is 13.7. The summed E-state index contributed by atoms with van der Waals surface area (Å²) in [7, 11) is 0. The lowest BCUT2D eigenvalue weighted by atomic mass is 10.1. The Hall–Kier alpha value is -1.95. The Kier molecular flexibility index (Phi) is 6.11. The van der Waals surface area contributed by atoms with E-state index in [2.05, 4.69) is 10.6 Å². The van der Waals surface area contributed by atoms with Crippen molar-refractivity contribution in [3.63, 3.8) is 0 Å². The van der Waals surface area contributed by atoms with Crippen LogP contribution in [-0.2, 0) is 11.3 Å². The van der Waals surface area contributed by atoms with Crippen molar-refractivity contribution in [2.45, 2.75) is 32.9 Å². The van der Waals surface area contributed by atoms with Crippen LogP contribution in [0.4, 0.5) is 4.39 Å². The Morgan fingerprint density at radius 1 is 1.40 bits per heavy atom. The lowest BCUT2D eigenvalue weighted by molar-refractivity contribution is -0.122. The van der Waals surface area contributed by atoms with Gasteiger partial charge in [-0.3, -0.25) is 9.59 Å². The van der Waals surface area contributed by atoms with Crippen molar-refractivity contribution in [2.75, 3.05) is 6.54 Å². The Morgan fingerprint density at radius 2 is 2.10 bits per heavy atom. The fourth-order valence-electron chi connectivity index (χ4n) is 1.60. The summed E-state index contributed by atoms with van der Waals surface area (Å²) in [6.07, 6.45) is 0.863. The maximum Gasteiger partial charge on any atom is 0.248 e. The fourth-order valence-corrected chi connectivity index (χ4v) is 1.60. The summed E-state index contributed by atoms with van der Waals surface area (Å²) in [6.45, 7) is 4.49. The van der Waals surface area contributed by atoms with Crippen molar-refractivity contribution in [1.82, 2.24) is 10.6 Å². The summed E-state index contributed by atoms with van der Waals surface area (Å²) in [5, 5.41) is 5.68. The highest BCUT2D eigenvalue weighted by Crippen LogP contribution is 2.10. The molecule has 0 aliphatic rings. The fraction of sp³-hybridized carbons (Fsp3) is 0.429. The molecule has 0 saturated carbocycles. The second-order valence-electron chi connectivity index (χ2n) is 4.56. The SMILES string of the molecule is CCCNC(=O)C(C)NCc1ccc(C(N)=O)cc1F. The maximum absolute atomic E-state index is 13.7. The van der Waals surface area contributed by atoms with E-state index in [0.717, 1.165) is 12.5 Å². The summed E-state index contributed by atoms with van der Waals surface area (Å²) >= 11 is 0. The number of carbonyl (C=O) groups is 2. The highest BCUT2D eigenvalue weighted by atomic mass is 19.1. The van der Waals surface area contributed by atoms with Crippen LogP contribution in [-0.4, -0.2) is 24.4 Å². The third kappa shape index (κ3) is 4.62.